The van der Waals surface area contributed by atoms with Crippen molar-refractivity contribution in [3.05, 3.63) is 5.01 Å². The monoisotopic (exact) mass is 273 g/mol. The minimum Gasteiger partial charge on any atom is -0.481 e. The fourth-order valence-electron chi connectivity index (χ4n) is 1.13. The summed E-state index contributed by atoms with van der Waals surface area (Å²) >= 11 is 1.24. The van der Waals surface area contributed by atoms with Gasteiger partial charge in [0.25, 0.3) is 0 Å². The Bertz CT molecular complexity index is 421. The molecule has 1 amide bonds. The van der Waals surface area contributed by atoms with Crippen molar-refractivity contribution in [3.63, 3.8) is 0 Å². The fraction of sp³-hybridized carbons (Fsp3) is 0.600. The highest BCUT2D eigenvalue weighted by Crippen LogP contribution is 2.23. The van der Waals surface area contributed by atoms with Crippen molar-refractivity contribution in [1.82, 2.24) is 10.2 Å². The van der Waals surface area contributed by atoms with Crippen LogP contribution in [0.2, 0.25) is 0 Å². The Hall–Kier alpha value is -1.54. The molecule has 2 N–H and O–H groups in total. The Morgan fingerprint density at radius 3 is 2.78 bits per heavy atom. The van der Waals surface area contributed by atoms with Gasteiger partial charge in [-0.1, -0.05) is 11.3 Å². The van der Waals surface area contributed by atoms with E-state index in [0.29, 0.717) is 16.6 Å². The number of hydrogen-bond acceptors (Lipinski definition) is 6. The number of ether oxygens (including phenoxy) is 1. The lowest BCUT2D eigenvalue weighted by Crippen LogP contribution is -2.11. The van der Waals surface area contributed by atoms with Gasteiger partial charge in [0.05, 0.1) is 0 Å². The molecule has 0 saturated carbocycles. The largest absolute Gasteiger partial charge is 0.481 e. The van der Waals surface area contributed by atoms with Crippen LogP contribution in [0.15, 0.2) is 0 Å². The predicted octanol–water partition coefficient (Wildman–Crippen LogP) is 1.44. The number of rotatable bonds is 7. The topological polar surface area (TPSA) is 101 Å². The van der Waals surface area contributed by atoms with Crippen molar-refractivity contribution in [1.29, 1.82) is 0 Å². The quantitative estimate of drug-likeness (QED) is 0.779. The summed E-state index contributed by atoms with van der Waals surface area (Å²) in [6.45, 7) is 1.83. The molecule has 1 unspecified atom stereocenters. The average Bonchev–Trinajstić information content (AvgIpc) is 2.76. The Balaban J connectivity index is 2.40. The number of nitrogens with zero attached hydrogens (tertiary/aromatic N) is 2. The van der Waals surface area contributed by atoms with Gasteiger partial charge in [-0.2, -0.15) is 0 Å². The number of carbonyl (C=O) groups excluding carboxylic acids is 1. The van der Waals surface area contributed by atoms with Gasteiger partial charge in [-0.3, -0.25) is 9.59 Å². The lowest BCUT2D eigenvalue weighted by atomic mass is 10.2. The van der Waals surface area contributed by atoms with E-state index in [-0.39, 0.29) is 24.9 Å². The fourth-order valence-corrected chi connectivity index (χ4v) is 1.92. The second-order valence-electron chi connectivity index (χ2n) is 3.62. The molecule has 1 heterocycles. The van der Waals surface area contributed by atoms with Gasteiger partial charge in [0.2, 0.25) is 11.0 Å². The highest BCUT2D eigenvalue weighted by Gasteiger charge is 2.12. The van der Waals surface area contributed by atoms with Crippen molar-refractivity contribution in [2.24, 2.45) is 0 Å². The zero-order valence-corrected chi connectivity index (χ0v) is 11.0. The van der Waals surface area contributed by atoms with Gasteiger partial charge in [-0.25, -0.2) is 0 Å². The summed E-state index contributed by atoms with van der Waals surface area (Å²) in [5.74, 6) is -1.17. The van der Waals surface area contributed by atoms with Crippen LogP contribution in [0, 0.1) is 0 Å². The number of carbonyl (C=O) groups is 2. The van der Waals surface area contributed by atoms with Crippen LogP contribution < -0.4 is 5.32 Å². The second-order valence-corrected chi connectivity index (χ2v) is 4.63. The molecule has 0 bridgehead atoms. The van der Waals surface area contributed by atoms with Gasteiger partial charge in [-0.15, -0.1) is 10.2 Å². The van der Waals surface area contributed by atoms with Crippen LogP contribution in [0.5, 0.6) is 0 Å². The third-order valence-corrected chi connectivity index (χ3v) is 3.18. The van der Waals surface area contributed by atoms with Crippen molar-refractivity contribution >= 4 is 28.3 Å². The van der Waals surface area contributed by atoms with Crippen LogP contribution in [-0.2, 0) is 14.3 Å². The van der Waals surface area contributed by atoms with Crippen LogP contribution in [0.4, 0.5) is 5.13 Å². The van der Waals surface area contributed by atoms with E-state index in [0.717, 1.165) is 0 Å². The van der Waals surface area contributed by atoms with E-state index >= 15 is 0 Å². The Morgan fingerprint density at radius 1 is 1.44 bits per heavy atom. The summed E-state index contributed by atoms with van der Waals surface area (Å²) in [5, 5.41) is 19.8. The molecule has 0 fully saturated rings. The maximum absolute atomic E-state index is 11.4. The first-order valence-electron chi connectivity index (χ1n) is 5.40. The standard InChI is InChI=1S/C10H15N3O4S/c1-6(17-2)9-12-13-10(18-9)11-7(14)4-3-5-8(15)16/h6H,3-5H2,1-2H3,(H,15,16)(H,11,13,14). The van der Waals surface area contributed by atoms with Crippen LogP contribution in [0.3, 0.4) is 0 Å². The zero-order chi connectivity index (χ0) is 13.5. The maximum atomic E-state index is 11.4. The minimum absolute atomic E-state index is 0.0184. The van der Waals surface area contributed by atoms with Crippen LogP contribution in [0.25, 0.3) is 0 Å². The highest BCUT2D eigenvalue weighted by molar-refractivity contribution is 7.15. The molecule has 0 aliphatic heterocycles. The molecular weight excluding hydrogens is 258 g/mol. The molecule has 1 rings (SSSR count). The summed E-state index contributed by atoms with van der Waals surface area (Å²) in [6, 6.07) is 0. The number of carboxylic acids is 1. The van der Waals surface area contributed by atoms with Crippen molar-refractivity contribution in [2.75, 3.05) is 12.4 Å². The molecule has 8 heteroatoms. The SMILES string of the molecule is COC(C)c1nnc(NC(=O)CCCC(=O)O)s1. The van der Waals surface area contributed by atoms with E-state index in [1.54, 1.807) is 7.11 Å². The number of aromatic nitrogens is 2. The first-order valence-corrected chi connectivity index (χ1v) is 6.22. The highest BCUT2D eigenvalue weighted by atomic mass is 32.1. The van der Waals surface area contributed by atoms with Gasteiger partial charge in [-0.05, 0) is 13.3 Å². The van der Waals surface area contributed by atoms with Gasteiger partial charge in [0, 0.05) is 20.0 Å². The van der Waals surface area contributed by atoms with E-state index in [9.17, 15) is 9.59 Å². The van der Waals surface area contributed by atoms with E-state index in [2.05, 4.69) is 15.5 Å². The number of methoxy groups -OCH3 is 1. The average molecular weight is 273 g/mol. The summed E-state index contributed by atoms with van der Waals surface area (Å²) in [4.78, 5) is 21.7. The van der Waals surface area contributed by atoms with E-state index < -0.39 is 5.97 Å². The second kappa shape index (κ2) is 7.02. The van der Waals surface area contributed by atoms with Crippen LogP contribution >= 0.6 is 11.3 Å². The number of amides is 1. The minimum atomic E-state index is -0.907. The van der Waals surface area contributed by atoms with Crippen molar-refractivity contribution in [3.8, 4) is 0 Å². The van der Waals surface area contributed by atoms with E-state index in [1.165, 1.54) is 11.3 Å². The molecular formula is C10H15N3O4S. The zero-order valence-electron chi connectivity index (χ0n) is 10.2. The molecule has 18 heavy (non-hydrogen) atoms. The summed E-state index contributed by atoms with van der Waals surface area (Å²) in [7, 11) is 1.57. The smallest absolute Gasteiger partial charge is 0.303 e. The lowest BCUT2D eigenvalue weighted by Gasteiger charge is -2.02. The molecule has 1 aromatic heterocycles. The molecule has 0 saturated heterocycles. The molecule has 0 aliphatic carbocycles. The number of carboxylic acid groups (broad SMARTS) is 1. The van der Waals surface area contributed by atoms with Crippen LogP contribution in [0.1, 0.15) is 37.3 Å². The number of hydrogen-bond donors (Lipinski definition) is 2. The number of anilines is 1. The van der Waals surface area contributed by atoms with Gasteiger partial charge in [0.15, 0.2) is 0 Å². The Labute approximate surface area is 108 Å². The summed E-state index contributed by atoms with van der Waals surface area (Å²) in [5.41, 5.74) is 0. The first kappa shape index (κ1) is 14.5. The number of aliphatic carboxylic acids is 1. The molecule has 1 atom stereocenters. The van der Waals surface area contributed by atoms with Crippen molar-refractivity contribution < 1.29 is 19.4 Å². The molecule has 1 aromatic rings. The Kier molecular flexibility index (Phi) is 5.66. The molecule has 100 valence electrons. The first-order chi connectivity index (χ1) is 8.52. The maximum Gasteiger partial charge on any atom is 0.303 e. The van der Waals surface area contributed by atoms with E-state index in [4.69, 9.17) is 9.84 Å². The van der Waals surface area contributed by atoms with Gasteiger partial charge >= 0.3 is 5.97 Å². The van der Waals surface area contributed by atoms with E-state index in [1.807, 2.05) is 6.92 Å². The van der Waals surface area contributed by atoms with Crippen LogP contribution in [-0.4, -0.2) is 34.3 Å². The van der Waals surface area contributed by atoms with Gasteiger partial charge in [0.1, 0.15) is 11.1 Å². The third-order valence-electron chi connectivity index (χ3n) is 2.18. The predicted molar refractivity (Wildman–Crippen MR) is 65.4 cm³/mol. The summed E-state index contributed by atoms with van der Waals surface area (Å²) < 4.78 is 5.08. The third kappa shape index (κ3) is 4.76. The van der Waals surface area contributed by atoms with Gasteiger partial charge < -0.3 is 15.2 Å². The summed E-state index contributed by atoms with van der Waals surface area (Å²) in [6.07, 6.45) is 0.276. The lowest BCUT2D eigenvalue weighted by molar-refractivity contribution is -0.137. The molecule has 0 aromatic carbocycles. The van der Waals surface area contributed by atoms with Crippen molar-refractivity contribution in [2.45, 2.75) is 32.3 Å². The molecule has 7 nitrogen and oxygen atoms in total. The normalized spacial score (nSPS) is 12.1. The molecule has 0 radical (unpaired) electrons. The Morgan fingerprint density at radius 2 is 2.17 bits per heavy atom. The molecule has 0 spiro atoms. The molecule has 0 aliphatic rings. The number of nitrogens with one attached hydrogen (secondary N) is 1.